The van der Waals surface area contributed by atoms with Crippen LogP contribution in [0.1, 0.15) is 31.7 Å². The molecule has 1 aromatic rings. The van der Waals surface area contributed by atoms with Gasteiger partial charge in [0.15, 0.2) is 11.5 Å². The average Bonchev–Trinajstić information content (AvgIpc) is 2.81. The van der Waals surface area contributed by atoms with Gasteiger partial charge in [-0.15, -0.1) is 0 Å². The van der Waals surface area contributed by atoms with Crippen molar-refractivity contribution in [3.8, 4) is 11.5 Å². The zero-order valence-electron chi connectivity index (χ0n) is 11.7. The van der Waals surface area contributed by atoms with E-state index in [-0.39, 0.29) is 5.75 Å². The molecule has 1 heterocycles. The van der Waals surface area contributed by atoms with E-state index in [1.807, 2.05) is 12.1 Å². The van der Waals surface area contributed by atoms with Crippen molar-refractivity contribution in [2.45, 2.75) is 32.7 Å². The number of benzene rings is 1. The SMILES string of the molecule is CCCC1CCN(Cc2cc(Br)c(O)c(OC)c2)C1. The maximum Gasteiger partial charge on any atom is 0.172 e. The summed E-state index contributed by atoms with van der Waals surface area (Å²) in [5.74, 6) is 1.57. The second-order valence-electron chi connectivity index (χ2n) is 5.31. The molecule has 1 N–H and O–H groups in total. The number of phenols is 1. The molecule has 1 aliphatic heterocycles. The van der Waals surface area contributed by atoms with Crippen LogP contribution in [0, 0.1) is 5.92 Å². The lowest BCUT2D eigenvalue weighted by molar-refractivity contribution is 0.311. The van der Waals surface area contributed by atoms with Gasteiger partial charge in [-0.2, -0.15) is 0 Å². The van der Waals surface area contributed by atoms with E-state index in [2.05, 4.69) is 27.8 Å². The summed E-state index contributed by atoms with van der Waals surface area (Å²) in [7, 11) is 1.58. The largest absolute Gasteiger partial charge is 0.503 e. The molecular formula is C15H22BrNO2. The number of likely N-dealkylation sites (tertiary alicyclic amines) is 1. The summed E-state index contributed by atoms with van der Waals surface area (Å²) in [5.41, 5.74) is 1.18. The van der Waals surface area contributed by atoms with Gasteiger partial charge in [0, 0.05) is 13.1 Å². The highest BCUT2D eigenvalue weighted by Crippen LogP contribution is 2.36. The highest BCUT2D eigenvalue weighted by molar-refractivity contribution is 9.10. The third kappa shape index (κ3) is 3.63. The van der Waals surface area contributed by atoms with E-state index in [1.54, 1.807) is 7.11 Å². The minimum Gasteiger partial charge on any atom is -0.503 e. The molecule has 0 spiro atoms. The molecule has 0 saturated carbocycles. The number of hydrogen-bond acceptors (Lipinski definition) is 3. The predicted molar refractivity (Wildman–Crippen MR) is 80.7 cm³/mol. The maximum absolute atomic E-state index is 9.81. The van der Waals surface area contributed by atoms with Crippen molar-refractivity contribution in [2.24, 2.45) is 5.92 Å². The van der Waals surface area contributed by atoms with Crippen LogP contribution in [0.15, 0.2) is 16.6 Å². The first kappa shape index (κ1) is 14.7. The van der Waals surface area contributed by atoms with Gasteiger partial charge in [0.05, 0.1) is 11.6 Å². The van der Waals surface area contributed by atoms with Gasteiger partial charge in [-0.05, 0) is 58.9 Å². The number of ether oxygens (including phenoxy) is 1. The number of phenolic OH excluding ortho intramolecular Hbond substituents is 1. The molecule has 106 valence electrons. The Morgan fingerprint density at radius 3 is 2.95 bits per heavy atom. The van der Waals surface area contributed by atoms with Gasteiger partial charge in [0.1, 0.15) is 0 Å². The van der Waals surface area contributed by atoms with Gasteiger partial charge in [-0.3, -0.25) is 4.90 Å². The van der Waals surface area contributed by atoms with E-state index < -0.39 is 0 Å². The molecule has 0 amide bonds. The van der Waals surface area contributed by atoms with Crippen LogP contribution in [0.3, 0.4) is 0 Å². The van der Waals surface area contributed by atoms with E-state index in [0.29, 0.717) is 10.2 Å². The zero-order valence-corrected chi connectivity index (χ0v) is 13.2. The Labute approximate surface area is 123 Å². The summed E-state index contributed by atoms with van der Waals surface area (Å²) < 4.78 is 5.89. The zero-order chi connectivity index (χ0) is 13.8. The Hall–Kier alpha value is -0.740. The molecule has 0 aliphatic carbocycles. The van der Waals surface area contributed by atoms with Crippen LogP contribution in [-0.2, 0) is 6.54 Å². The standard InChI is InChI=1S/C15H22BrNO2/c1-3-4-11-5-6-17(9-11)10-12-7-13(16)15(18)14(8-12)19-2/h7-8,11,18H,3-6,9-10H2,1-2H3. The lowest BCUT2D eigenvalue weighted by Gasteiger charge is -2.17. The monoisotopic (exact) mass is 327 g/mol. The molecule has 3 nitrogen and oxygen atoms in total. The minimum atomic E-state index is 0.177. The minimum absolute atomic E-state index is 0.177. The Balaban J connectivity index is 2.02. The Morgan fingerprint density at radius 2 is 2.26 bits per heavy atom. The first-order chi connectivity index (χ1) is 9.13. The summed E-state index contributed by atoms with van der Waals surface area (Å²) in [6.45, 7) is 5.54. The van der Waals surface area contributed by atoms with Crippen molar-refractivity contribution in [1.82, 2.24) is 4.90 Å². The lowest BCUT2D eigenvalue weighted by atomic mass is 10.0. The third-order valence-electron chi connectivity index (χ3n) is 3.78. The van der Waals surface area contributed by atoms with Gasteiger partial charge in [-0.1, -0.05) is 13.3 Å². The summed E-state index contributed by atoms with van der Waals surface area (Å²) >= 11 is 3.38. The molecule has 0 aromatic heterocycles. The van der Waals surface area contributed by atoms with E-state index >= 15 is 0 Å². The molecule has 1 saturated heterocycles. The van der Waals surface area contributed by atoms with E-state index in [1.165, 1.54) is 37.9 Å². The third-order valence-corrected chi connectivity index (χ3v) is 4.39. The first-order valence-electron chi connectivity index (χ1n) is 6.91. The molecular weight excluding hydrogens is 306 g/mol. The number of hydrogen-bond donors (Lipinski definition) is 1. The van der Waals surface area contributed by atoms with Crippen LogP contribution < -0.4 is 4.74 Å². The van der Waals surface area contributed by atoms with Crippen LogP contribution in [0.5, 0.6) is 11.5 Å². The molecule has 0 radical (unpaired) electrons. The van der Waals surface area contributed by atoms with Crippen LogP contribution in [0.4, 0.5) is 0 Å². The van der Waals surface area contributed by atoms with Crippen LogP contribution in [0.2, 0.25) is 0 Å². The van der Waals surface area contributed by atoms with Crippen LogP contribution >= 0.6 is 15.9 Å². The fourth-order valence-corrected chi connectivity index (χ4v) is 3.32. The lowest BCUT2D eigenvalue weighted by Crippen LogP contribution is -2.20. The Kier molecular flexibility index (Phi) is 5.11. The number of nitrogens with zero attached hydrogens (tertiary/aromatic N) is 1. The molecule has 4 heteroatoms. The number of methoxy groups -OCH3 is 1. The molecule has 2 rings (SSSR count). The number of halogens is 1. The van der Waals surface area contributed by atoms with Crippen LogP contribution in [-0.4, -0.2) is 30.2 Å². The molecule has 1 fully saturated rings. The topological polar surface area (TPSA) is 32.7 Å². The van der Waals surface area contributed by atoms with Gasteiger partial charge in [-0.25, -0.2) is 0 Å². The van der Waals surface area contributed by atoms with Gasteiger partial charge in [0.25, 0.3) is 0 Å². The molecule has 1 unspecified atom stereocenters. The van der Waals surface area contributed by atoms with Crippen molar-refractivity contribution in [3.05, 3.63) is 22.2 Å². The fourth-order valence-electron chi connectivity index (χ4n) is 2.83. The molecule has 19 heavy (non-hydrogen) atoms. The summed E-state index contributed by atoms with van der Waals surface area (Å²) in [6, 6.07) is 3.90. The normalized spacial score (nSPS) is 19.8. The maximum atomic E-state index is 9.81. The Bertz CT molecular complexity index is 436. The second-order valence-corrected chi connectivity index (χ2v) is 6.16. The van der Waals surface area contributed by atoms with E-state index in [4.69, 9.17) is 4.74 Å². The highest BCUT2D eigenvalue weighted by Gasteiger charge is 2.22. The van der Waals surface area contributed by atoms with Crippen LogP contribution in [0.25, 0.3) is 0 Å². The molecule has 1 aromatic carbocycles. The van der Waals surface area contributed by atoms with Crippen molar-refractivity contribution < 1.29 is 9.84 Å². The van der Waals surface area contributed by atoms with Gasteiger partial charge < -0.3 is 9.84 Å². The quantitative estimate of drug-likeness (QED) is 0.893. The van der Waals surface area contributed by atoms with E-state index in [9.17, 15) is 5.11 Å². The number of rotatable bonds is 5. The van der Waals surface area contributed by atoms with Crippen molar-refractivity contribution in [3.63, 3.8) is 0 Å². The molecule has 1 aliphatic rings. The summed E-state index contributed by atoms with van der Waals surface area (Å²) in [6.07, 6.45) is 3.92. The number of aromatic hydroxyl groups is 1. The highest BCUT2D eigenvalue weighted by atomic mass is 79.9. The smallest absolute Gasteiger partial charge is 0.172 e. The second kappa shape index (κ2) is 6.62. The average molecular weight is 328 g/mol. The molecule has 1 atom stereocenters. The first-order valence-corrected chi connectivity index (χ1v) is 7.71. The van der Waals surface area contributed by atoms with Crippen molar-refractivity contribution >= 4 is 15.9 Å². The molecule has 0 bridgehead atoms. The summed E-state index contributed by atoms with van der Waals surface area (Å²) in [4.78, 5) is 2.48. The predicted octanol–water partition coefficient (Wildman–Crippen LogP) is 3.79. The Morgan fingerprint density at radius 1 is 1.47 bits per heavy atom. The van der Waals surface area contributed by atoms with Crippen molar-refractivity contribution in [2.75, 3.05) is 20.2 Å². The van der Waals surface area contributed by atoms with E-state index in [0.717, 1.165) is 12.5 Å². The van der Waals surface area contributed by atoms with Gasteiger partial charge >= 0.3 is 0 Å². The fraction of sp³-hybridized carbons (Fsp3) is 0.600. The van der Waals surface area contributed by atoms with Gasteiger partial charge in [0.2, 0.25) is 0 Å². The van der Waals surface area contributed by atoms with Crippen molar-refractivity contribution in [1.29, 1.82) is 0 Å². The summed E-state index contributed by atoms with van der Waals surface area (Å²) in [5, 5.41) is 9.81.